The van der Waals surface area contributed by atoms with Gasteiger partial charge in [0.25, 0.3) is 0 Å². The fourth-order valence-electron chi connectivity index (χ4n) is 2.88. The monoisotopic (exact) mass is 460 g/mol. The molecule has 1 amide bonds. The minimum Gasteiger partial charge on any atom is -0.443 e. The largest absolute Gasteiger partial charge is 0.443 e. The molecule has 0 fully saturated rings. The van der Waals surface area contributed by atoms with Crippen molar-refractivity contribution in [2.24, 2.45) is 0 Å². The number of halogens is 4. The molecule has 2 aromatic rings. The summed E-state index contributed by atoms with van der Waals surface area (Å²) < 4.78 is 20.8. The number of fused-ring (bicyclic) bond motifs is 3. The van der Waals surface area contributed by atoms with Gasteiger partial charge in [-0.25, -0.2) is 9.18 Å². The first kappa shape index (κ1) is 19.4. The molecule has 138 valence electrons. The molecule has 26 heavy (non-hydrogen) atoms. The van der Waals surface area contributed by atoms with E-state index in [1.54, 1.807) is 34.0 Å². The fraction of sp³-hybridized carbons (Fsp3) is 0.333. The first-order valence-electron chi connectivity index (χ1n) is 7.82. The van der Waals surface area contributed by atoms with Crippen molar-refractivity contribution in [3.63, 3.8) is 0 Å². The molecule has 1 aliphatic carbocycles. The normalized spacial score (nSPS) is 12.6. The van der Waals surface area contributed by atoms with Crippen LogP contribution in [0.2, 0.25) is 10.0 Å². The zero-order chi connectivity index (χ0) is 19.4. The van der Waals surface area contributed by atoms with E-state index >= 15 is 0 Å². The fourth-order valence-corrected chi connectivity index (χ4v) is 3.63. The molecule has 0 aliphatic heterocycles. The Kier molecular flexibility index (Phi) is 4.97. The molecule has 0 bridgehead atoms. The number of benzene rings is 1. The molecule has 0 saturated heterocycles. The van der Waals surface area contributed by atoms with Gasteiger partial charge in [-0.2, -0.15) is 0 Å². The average molecular weight is 462 g/mol. The molecule has 0 spiro atoms. The molecule has 0 saturated carbocycles. The van der Waals surface area contributed by atoms with Crippen molar-refractivity contribution in [3.05, 3.63) is 43.9 Å². The summed E-state index contributed by atoms with van der Waals surface area (Å²) in [5.74, 6) is -0.580. The number of carbonyl (C=O) groups is 1. The highest BCUT2D eigenvalue weighted by Crippen LogP contribution is 2.48. The van der Waals surface area contributed by atoms with Crippen LogP contribution in [0.4, 0.5) is 14.9 Å². The van der Waals surface area contributed by atoms with Gasteiger partial charge in [0.2, 0.25) is 0 Å². The molecule has 1 heterocycles. The molecule has 0 unspecified atom stereocenters. The summed E-state index contributed by atoms with van der Waals surface area (Å²) in [6.07, 6.45) is 1.36. The van der Waals surface area contributed by atoms with E-state index in [9.17, 15) is 9.18 Å². The van der Waals surface area contributed by atoms with Gasteiger partial charge >= 0.3 is 6.09 Å². The van der Waals surface area contributed by atoms with E-state index in [-0.39, 0.29) is 10.6 Å². The van der Waals surface area contributed by atoms with Gasteiger partial charge in [-0.1, -0.05) is 23.2 Å². The second-order valence-electron chi connectivity index (χ2n) is 7.00. The van der Waals surface area contributed by atoms with E-state index in [2.05, 4.69) is 20.9 Å². The molecule has 8 heteroatoms. The van der Waals surface area contributed by atoms with Crippen LogP contribution >= 0.6 is 39.1 Å². The minimum absolute atomic E-state index is 0.0990. The molecule has 3 rings (SSSR count). The quantitative estimate of drug-likeness (QED) is 0.431. The first-order valence-corrected chi connectivity index (χ1v) is 9.37. The van der Waals surface area contributed by atoms with Crippen LogP contribution in [-0.2, 0) is 11.2 Å². The second kappa shape index (κ2) is 6.66. The maximum atomic E-state index is 14.8. The van der Waals surface area contributed by atoms with E-state index in [0.29, 0.717) is 38.4 Å². The Labute approximate surface area is 169 Å². The van der Waals surface area contributed by atoms with Gasteiger partial charge < -0.3 is 4.74 Å². The molecule has 1 aliphatic rings. The van der Waals surface area contributed by atoms with E-state index in [0.717, 1.165) is 0 Å². The average Bonchev–Trinajstić information content (AvgIpc) is 2.92. The van der Waals surface area contributed by atoms with Crippen LogP contribution in [0.1, 0.15) is 32.0 Å². The Morgan fingerprint density at radius 3 is 2.62 bits per heavy atom. The SMILES string of the molecule is CN(C(=O)OC(C)(C)C)c1cc(Cl)c(F)c2c1Cc1ncc(Br)c(Cl)c1-2. The highest BCUT2D eigenvalue weighted by molar-refractivity contribution is 9.10. The number of hydrogen-bond acceptors (Lipinski definition) is 3. The van der Waals surface area contributed by atoms with Crippen molar-refractivity contribution in [1.82, 2.24) is 4.98 Å². The summed E-state index contributed by atoms with van der Waals surface area (Å²) in [7, 11) is 1.56. The van der Waals surface area contributed by atoms with Gasteiger partial charge in [0.15, 0.2) is 0 Å². The first-order chi connectivity index (χ1) is 12.0. The maximum absolute atomic E-state index is 14.8. The molecule has 0 N–H and O–H groups in total. The lowest BCUT2D eigenvalue weighted by atomic mass is 10.0. The van der Waals surface area contributed by atoms with Gasteiger partial charge in [-0.3, -0.25) is 9.88 Å². The van der Waals surface area contributed by atoms with E-state index < -0.39 is 17.5 Å². The number of aromatic nitrogens is 1. The van der Waals surface area contributed by atoms with Crippen LogP contribution in [0.5, 0.6) is 0 Å². The van der Waals surface area contributed by atoms with E-state index in [1.807, 2.05) is 0 Å². The lowest BCUT2D eigenvalue weighted by Gasteiger charge is -2.26. The number of ether oxygens (including phenoxy) is 1. The predicted molar refractivity (Wildman–Crippen MR) is 105 cm³/mol. The highest BCUT2D eigenvalue weighted by atomic mass is 79.9. The smallest absolute Gasteiger partial charge is 0.414 e. The minimum atomic E-state index is -0.656. The third kappa shape index (κ3) is 3.30. The predicted octanol–water partition coefficient (Wildman–Crippen LogP) is 6.23. The zero-order valence-electron chi connectivity index (χ0n) is 14.6. The third-order valence-corrected chi connectivity index (χ3v) is 5.48. The molecule has 0 atom stereocenters. The summed E-state index contributed by atoms with van der Waals surface area (Å²) >= 11 is 15.8. The van der Waals surface area contributed by atoms with Crippen LogP contribution in [0.25, 0.3) is 11.1 Å². The Morgan fingerprint density at radius 1 is 1.35 bits per heavy atom. The molecule has 0 radical (unpaired) electrons. The van der Waals surface area contributed by atoms with Crippen molar-refractivity contribution >= 4 is 50.9 Å². The second-order valence-corrected chi connectivity index (χ2v) is 8.64. The number of carbonyl (C=O) groups excluding carboxylic acids is 1. The Bertz CT molecular complexity index is 929. The Hall–Kier alpha value is -1.37. The van der Waals surface area contributed by atoms with Gasteiger partial charge in [0.1, 0.15) is 11.4 Å². The standard InChI is InChI=1S/C18H16BrCl2FN2O2/c1-18(2,3)26-17(25)24(4)12-6-10(20)16(22)13-8(12)5-11-14(13)15(21)9(19)7-23-11/h6-7H,5H2,1-4H3. The van der Waals surface area contributed by atoms with Crippen molar-refractivity contribution in [1.29, 1.82) is 0 Å². The summed E-state index contributed by atoms with van der Waals surface area (Å²) in [5.41, 5.74) is 1.81. The summed E-state index contributed by atoms with van der Waals surface area (Å²) in [5, 5.41) is 0.263. The highest BCUT2D eigenvalue weighted by Gasteiger charge is 2.33. The number of nitrogens with zero attached hydrogens (tertiary/aromatic N) is 2. The topological polar surface area (TPSA) is 42.4 Å². The lowest BCUT2D eigenvalue weighted by molar-refractivity contribution is 0.0589. The van der Waals surface area contributed by atoms with E-state index in [4.69, 9.17) is 27.9 Å². The number of rotatable bonds is 1. The van der Waals surface area contributed by atoms with Crippen LogP contribution in [0.15, 0.2) is 16.7 Å². The van der Waals surface area contributed by atoms with Crippen LogP contribution in [-0.4, -0.2) is 23.7 Å². The summed E-state index contributed by atoms with van der Waals surface area (Å²) in [6, 6.07) is 1.43. The van der Waals surface area contributed by atoms with Gasteiger partial charge in [0, 0.05) is 30.8 Å². The van der Waals surface area contributed by atoms with E-state index in [1.165, 1.54) is 11.0 Å². The summed E-state index contributed by atoms with van der Waals surface area (Å²) in [4.78, 5) is 18.1. The van der Waals surface area contributed by atoms with Crippen LogP contribution in [0.3, 0.4) is 0 Å². The number of hydrogen-bond donors (Lipinski definition) is 0. The Morgan fingerprint density at radius 2 is 2.00 bits per heavy atom. The van der Waals surface area contributed by atoms with Crippen molar-refractivity contribution in [2.45, 2.75) is 32.8 Å². The molecule has 4 nitrogen and oxygen atoms in total. The third-order valence-electron chi connectivity index (χ3n) is 3.98. The summed E-state index contributed by atoms with van der Waals surface area (Å²) in [6.45, 7) is 5.33. The maximum Gasteiger partial charge on any atom is 0.414 e. The number of pyridine rings is 1. The zero-order valence-corrected chi connectivity index (χ0v) is 17.7. The lowest BCUT2D eigenvalue weighted by Crippen LogP contribution is -2.34. The van der Waals surface area contributed by atoms with Crippen LogP contribution in [0, 0.1) is 5.82 Å². The molecule has 1 aromatic carbocycles. The van der Waals surface area contributed by atoms with Gasteiger partial charge in [-0.05, 0) is 48.3 Å². The van der Waals surface area contributed by atoms with Crippen molar-refractivity contribution in [2.75, 3.05) is 11.9 Å². The molecule has 1 aromatic heterocycles. The number of anilines is 1. The van der Waals surface area contributed by atoms with Crippen LogP contribution < -0.4 is 4.90 Å². The van der Waals surface area contributed by atoms with Crippen molar-refractivity contribution < 1.29 is 13.9 Å². The van der Waals surface area contributed by atoms with Crippen molar-refractivity contribution in [3.8, 4) is 11.1 Å². The number of amides is 1. The van der Waals surface area contributed by atoms with Gasteiger partial charge in [-0.15, -0.1) is 0 Å². The van der Waals surface area contributed by atoms with Gasteiger partial charge in [0.05, 0.1) is 25.9 Å². The Balaban J connectivity index is 2.16. The molecular formula is C18H16BrCl2FN2O2. The molecular weight excluding hydrogens is 446 g/mol.